The van der Waals surface area contributed by atoms with Crippen LogP contribution in [-0.4, -0.2) is 46.7 Å². The number of carbonyl (C=O) groups excluding carboxylic acids is 3. The number of carboxylic acid groups (broad SMARTS) is 1. The van der Waals surface area contributed by atoms with E-state index < -0.39 is 41.6 Å². The first-order valence-electron chi connectivity index (χ1n) is 6.73. The van der Waals surface area contributed by atoms with Crippen molar-refractivity contribution in [2.24, 2.45) is 5.73 Å². The Morgan fingerprint density at radius 1 is 1.18 bits per heavy atom. The molecule has 2 atom stereocenters. The zero-order valence-corrected chi connectivity index (χ0v) is 13.1. The van der Waals surface area contributed by atoms with Crippen molar-refractivity contribution in [1.29, 1.82) is 0 Å². The van der Waals surface area contributed by atoms with Crippen LogP contribution in [0.15, 0.2) is 0 Å². The van der Waals surface area contributed by atoms with Crippen LogP contribution < -0.4 is 16.4 Å². The molecule has 0 aromatic rings. The van der Waals surface area contributed by atoms with E-state index in [2.05, 4.69) is 10.6 Å². The third-order valence-corrected chi connectivity index (χ3v) is 2.42. The molecule has 9 nitrogen and oxygen atoms in total. The summed E-state index contributed by atoms with van der Waals surface area (Å²) in [6.07, 6.45) is -1.05. The maximum absolute atomic E-state index is 12.0. The van der Waals surface area contributed by atoms with E-state index >= 15 is 0 Å². The van der Waals surface area contributed by atoms with Crippen LogP contribution >= 0.6 is 0 Å². The molecule has 0 fully saturated rings. The first kappa shape index (κ1) is 19.7. The van der Waals surface area contributed by atoms with Gasteiger partial charge in [0.1, 0.15) is 17.7 Å². The second-order valence-electron chi connectivity index (χ2n) is 5.77. The zero-order valence-electron chi connectivity index (χ0n) is 13.1. The Kier molecular flexibility index (Phi) is 7.34. The van der Waals surface area contributed by atoms with Gasteiger partial charge in [-0.1, -0.05) is 0 Å². The Balaban J connectivity index is 4.81. The van der Waals surface area contributed by atoms with Crippen LogP contribution in [0.25, 0.3) is 0 Å². The van der Waals surface area contributed by atoms with Crippen LogP contribution in [0.5, 0.6) is 0 Å². The lowest BCUT2D eigenvalue weighted by Crippen LogP contribution is -2.51. The fourth-order valence-corrected chi connectivity index (χ4v) is 1.38. The molecule has 0 unspecified atom stereocenters. The standard InChI is InChI=1S/C13H23N3O6/c1-7(11(19)20)15-10(18)8(5-6-9(14)17)16-12(21)22-13(2,3)4/h7-8H,5-6H2,1-4H3,(H2,14,17)(H,15,18)(H,16,21)(H,19,20)/t7-,8-/m0/s1. The summed E-state index contributed by atoms with van der Waals surface area (Å²) in [7, 11) is 0. The molecule has 0 aliphatic rings. The van der Waals surface area contributed by atoms with Crippen LogP contribution in [0.2, 0.25) is 0 Å². The lowest BCUT2D eigenvalue weighted by Gasteiger charge is -2.23. The number of rotatable bonds is 7. The van der Waals surface area contributed by atoms with Crippen molar-refractivity contribution < 1.29 is 29.0 Å². The molecule has 5 N–H and O–H groups in total. The highest BCUT2D eigenvalue weighted by atomic mass is 16.6. The van der Waals surface area contributed by atoms with Crippen molar-refractivity contribution >= 4 is 23.9 Å². The molecule has 0 rings (SSSR count). The van der Waals surface area contributed by atoms with Gasteiger partial charge in [0.15, 0.2) is 0 Å². The molecule has 0 spiro atoms. The van der Waals surface area contributed by atoms with Gasteiger partial charge in [0.25, 0.3) is 0 Å². The topological polar surface area (TPSA) is 148 Å². The molecular weight excluding hydrogens is 294 g/mol. The Morgan fingerprint density at radius 2 is 1.73 bits per heavy atom. The summed E-state index contributed by atoms with van der Waals surface area (Å²) in [6.45, 7) is 6.23. The molecule has 0 aromatic heterocycles. The van der Waals surface area contributed by atoms with Crippen molar-refractivity contribution in [3.05, 3.63) is 0 Å². The number of carbonyl (C=O) groups is 4. The number of aliphatic carboxylic acids is 1. The van der Waals surface area contributed by atoms with E-state index in [1.807, 2.05) is 0 Å². The van der Waals surface area contributed by atoms with E-state index in [0.29, 0.717) is 0 Å². The predicted molar refractivity (Wildman–Crippen MR) is 76.8 cm³/mol. The minimum atomic E-state index is -1.22. The average Bonchev–Trinajstić information content (AvgIpc) is 2.31. The van der Waals surface area contributed by atoms with E-state index in [1.54, 1.807) is 20.8 Å². The van der Waals surface area contributed by atoms with Gasteiger partial charge < -0.3 is 26.2 Å². The number of ether oxygens (including phenoxy) is 1. The summed E-state index contributed by atoms with van der Waals surface area (Å²) >= 11 is 0. The number of nitrogens with one attached hydrogen (secondary N) is 2. The van der Waals surface area contributed by atoms with E-state index in [4.69, 9.17) is 15.6 Å². The quantitative estimate of drug-likeness (QED) is 0.508. The number of nitrogens with two attached hydrogens (primary N) is 1. The van der Waals surface area contributed by atoms with Gasteiger partial charge in [-0.15, -0.1) is 0 Å². The molecule has 0 aromatic carbocycles. The Labute approximate surface area is 128 Å². The SMILES string of the molecule is C[C@H](NC(=O)[C@H](CCC(N)=O)NC(=O)OC(C)(C)C)C(=O)O. The van der Waals surface area contributed by atoms with Crippen LogP contribution in [0.1, 0.15) is 40.5 Å². The van der Waals surface area contributed by atoms with Crippen molar-refractivity contribution in [2.45, 2.75) is 58.2 Å². The van der Waals surface area contributed by atoms with Gasteiger partial charge in [-0.3, -0.25) is 14.4 Å². The highest BCUT2D eigenvalue weighted by molar-refractivity contribution is 5.89. The lowest BCUT2D eigenvalue weighted by molar-refractivity contribution is -0.141. The van der Waals surface area contributed by atoms with Crippen LogP contribution in [0.3, 0.4) is 0 Å². The normalized spacial score (nSPS) is 13.6. The summed E-state index contributed by atoms with van der Waals surface area (Å²) in [5.41, 5.74) is 4.25. The number of alkyl carbamates (subject to hydrolysis) is 1. The van der Waals surface area contributed by atoms with Crippen molar-refractivity contribution in [2.75, 3.05) is 0 Å². The Morgan fingerprint density at radius 3 is 2.14 bits per heavy atom. The fraction of sp³-hybridized carbons (Fsp3) is 0.692. The Hall–Kier alpha value is -2.32. The number of hydrogen-bond acceptors (Lipinski definition) is 5. The molecule has 0 aliphatic heterocycles. The molecule has 0 saturated heterocycles. The zero-order chi connectivity index (χ0) is 17.5. The second kappa shape index (κ2) is 8.20. The van der Waals surface area contributed by atoms with Crippen LogP contribution in [-0.2, 0) is 19.1 Å². The minimum absolute atomic E-state index is 0.0627. The summed E-state index contributed by atoms with van der Waals surface area (Å²) in [5.74, 6) is -2.60. The maximum atomic E-state index is 12.0. The van der Waals surface area contributed by atoms with Gasteiger partial charge in [-0.25, -0.2) is 4.79 Å². The summed E-state index contributed by atoms with van der Waals surface area (Å²) in [6, 6.07) is -2.26. The summed E-state index contributed by atoms with van der Waals surface area (Å²) in [4.78, 5) is 45.2. The maximum Gasteiger partial charge on any atom is 0.408 e. The minimum Gasteiger partial charge on any atom is -0.480 e. The lowest BCUT2D eigenvalue weighted by atomic mass is 10.1. The van der Waals surface area contributed by atoms with Gasteiger partial charge in [0.2, 0.25) is 11.8 Å². The first-order chi connectivity index (χ1) is 9.92. The van der Waals surface area contributed by atoms with Crippen molar-refractivity contribution in [3.8, 4) is 0 Å². The smallest absolute Gasteiger partial charge is 0.408 e. The van der Waals surface area contributed by atoms with Gasteiger partial charge in [-0.2, -0.15) is 0 Å². The first-order valence-corrected chi connectivity index (χ1v) is 6.73. The molecule has 0 bridgehead atoms. The highest BCUT2D eigenvalue weighted by Crippen LogP contribution is 2.08. The van der Waals surface area contributed by atoms with Gasteiger partial charge in [0.05, 0.1) is 0 Å². The number of amides is 3. The largest absolute Gasteiger partial charge is 0.480 e. The van der Waals surface area contributed by atoms with Crippen molar-refractivity contribution in [1.82, 2.24) is 10.6 Å². The molecule has 0 radical (unpaired) electrons. The van der Waals surface area contributed by atoms with Crippen LogP contribution in [0, 0.1) is 0 Å². The van der Waals surface area contributed by atoms with Gasteiger partial charge in [-0.05, 0) is 34.1 Å². The third kappa shape index (κ3) is 8.77. The second-order valence-corrected chi connectivity index (χ2v) is 5.77. The third-order valence-electron chi connectivity index (χ3n) is 2.42. The van der Waals surface area contributed by atoms with E-state index in [9.17, 15) is 19.2 Å². The molecular formula is C13H23N3O6. The number of carboxylic acids is 1. The predicted octanol–water partition coefficient (Wildman–Crippen LogP) is -0.265. The van der Waals surface area contributed by atoms with Crippen LogP contribution in [0.4, 0.5) is 4.79 Å². The van der Waals surface area contributed by atoms with E-state index in [-0.39, 0.29) is 12.8 Å². The van der Waals surface area contributed by atoms with Crippen molar-refractivity contribution in [3.63, 3.8) is 0 Å². The summed E-state index contributed by atoms with van der Waals surface area (Å²) in [5, 5.41) is 13.3. The molecule has 0 heterocycles. The molecule has 126 valence electrons. The Bertz CT molecular complexity index is 444. The molecule has 0 saturated carbocycles. The summed E-state index contributed by atoms with van der Waals surface area (Å²) < 4.78 is 5.02. The van der Waals surface area contributed by atoms with Gasteiger partial charge >= 0.3 is 12.1 Å². The molecule has 3 amide bonds. The highest BCUT2D eigenvalue weighted by Gasteiger charge is 2.26. The number of primary amides is 1. The molecule has 22 heavy (non-hydrogen) atoms. The fourth-order valence-electron chi connectivity index (χ4n) is 1.38. The monoisotopic (exact) mass is 317 g/mol. The van der Waals surface area contributed by atoms with E-state index in [0.717, 1.165) is 0 Å². The molecule has 9 heteroatoms. The van der Waals surface area contributed by atoms with E-state index in [1.165, 1.54) is 6.92 Å². The average molecular weight is 317 g/mol. The number of hydrogen-bond donors (Lipinski definition) is 4. The molecule has 0 aliphatic carbocycles. The van der Waals surface area contributed by atoms with Gasteiger partial charge in [0, 0.05) is 6.42 Å².